The fourth-order valence-corrected chi connectivity index (χ4v) is 1.25. The lowest BCUT2D eigenvalue weighted by Gasteiger charge is -2.24. The summed E-state index contributed by atoms with van der Waals surface area (Å²) in [6.07, 6.45) is 2.57. The van der Waals surface area contributed by atoms with E-state index >= 15 is 0 Å². The van der Waals surface area contributed by atoms with Gasteiger partial charge < -0.3 is 0 Å². The number of hydrazine groups is 1. The summed E-state index contributed by atoms with van der Waals surface area (Å²) in [6.45, 7) is 12.3. The molecule has 0 aromatic heterocycles. The first-order chi connectivity index (χ1) is 5.70. The number of nitrogens with zero attached hydrogens (tertiary/aromatic N) is 1. The van der Waals surface area contributed by atoms with Crippen molar-refractivity contribution in [1.29, 1.82) is 0 Å². The van der Waals surface area contributed by atoms with Crippen molar-refractivity contribution in [3.63, 3.8) is 0 Å². The van der Waals surface area contributed by atoms with Gasteiger partial charge in [-0.3, -0.25) is 5.43 Å². The maximum absolute atomic E-state index is 3.38. The highest BCUT2D eigenvalue weighted by Gasteiger charge is 2.03. The lowest BCUT2D eigenvalue weighted by atomic mass is 10.2. The van der Waals surface area contributed by atoms with Crippen LogP contribution in [0.15, 0.2) is 0 Å². The molecule has 2 nitrogen and oxygen atoms in total. The number of hydrogen-bond donors (Lipinski definition) is 1. The van der Waals surface area contributed by atoms with Gasteiger partial charge in [-0.15, -0.1) is 0 Å². The summed E-state index contributed by atoms with van der Waals surface area (Å²) in [5.74, 6) is 0.751. The summed E-state index contributed by atoms with van der Waals surface area (Å²) < 4.78 is 0. The van der Waals surface area contributed by atoms with Crippen molar-refractivity contribution in [2.24, 2.45) is 5.92 Å². The van der Waals surface area contributed by atoms with Crippen LogP contribution in [-0.2, 0) is 0 Å². The third-order valence-corrected chi connectivity index (χ3v) is 1.75. The molecule has 0 rings (SSSR count). The van der Waals surface area contributed by atoms with Crippen molar-refractivity contribution in [3.8, 4) is 0 Å². The van der Waals surface area contributed by atoms with E-state index in [1.165, 1.54) is 19.4 Å². The first kappa shape index (κ1) is 11.9. The number of unbranched alkanes of at least 4 members (excludes halogenated alkanes) is 1. The molecule has 1 N–H and O–H groups in total. The molecule has 0 fully saturated rings. The summed E-state index contributed by atoms with van der Waals surface area (Å²) >= 11 is 0. The average Bonchev–Trinajstić information content (AvgIpc) is 2.00. The van der Waals surface area contributed by atoms with Crippen molar-refractivity contribution >= 4 is 0 Å². The van der Waals surface area contributed by atoms with Gasteiger partial charge in [0.2, 0.25) is 0 Å². The van der Waals surface area contributed by atoms with Gasteiger partial charge in [-0.05, 0) is 12.3 Å². The quantitative estimate of drug-likeness (QED) is 0.593. The van der Waals surface area contributed by atoms with E-state index in [1.54, 1.807) is 0 Å². The van der Waals surface area contributed by atoms with Crippen molar-refractivity contribution < 1.29 is 0 Å². The fraction of sp³-hybridized carbons (Fsp3) is 1.00. The van der Waals surface area contributed by atoms with Crippen LogP contribution in [0, 0.1) is 5.92 Å². The predicted molar refractivity (Wildman–Crippen MR) is 55.0 cm³/mol. The molecule has 0 aliphatic heterocycles. The summed E-state index contributed by atoms with van der Waals surface area (Å²) in [4.78, 5) is 0. The van der Waals surface area contributed by atoms with Gasteiger partial charge in [0.05, 0.1) is 0 Å². The lowest BCUT2D eigenvalue weighted by Crippen LogP contribution is -2.40. The van der Waals surface area contributed by atoms with Gasteiger partial charge >= 0.3 is 0 Å². The third kappa shape index (κ3) is 6.62. The molecule has 2 heteroatoms. The van der Waals surface area contributed by atoms with E-state index in [1.807, 2.05) is 0 Å². The first-order valence-corrected chi connectivity index (χ1v) is 5.19. The zero-order valence-electron chi connectivity index (χ0n) is 9.06. The van der Waals surface area contributed by atoms with Crippen LogP contribution in [0.2, 0.25) is 0 Å². The summed E-state index contributed by atoms with van der Waals surface area (Å²) in [7, 11) is 0. The van der Waals surface area contributed by atoms with Gasteiger partial charge in [0.1, 0.15) is 0 Å². The molecule has 0 unspecified atom stereocenters. The molecule has 0 aromatic rings. The van der Waals surface area contributed by atoms with Crippen LogP contribution in [0.3, 0.4) is 0 Å². The van der Waals surface area contributed by atoms with Crippen LogP contribution in [0.1, 0.15) is 40.5 Å². The number of hydrogen-bond acceptors (Lipinski definition) is 2. The Morgan fingerprint density at radius 1 is 1.25 bits per heavy atom. The standard InChI is InChI=1S/C10H24N2/c1-5-7-8-12(11-6-2)9-10(3)4/h10-11H,5-9H2,1-4H3. The minimum absolute atomic E-state index is 0.751. The zero-order valence-corrected chi connectivity index (χ0v) is 9.06. The Morgan fingerprint density at radius 3 is 2.33 bits per heavy atom. The molecular weight excluding hydrogens is 148 g/mol. The Kier molecular flexibility index (Phi) is 7.51. The zero-order chi connectivity index (χ0) is 9.40. The second-order valence-electron chi connectivity index (χ2n) is 3.71. The summed E-state index contributed by atoms with van der Waals surface area (Å²) in [5, 5.41) is 2.34. The van der Waals surface area contributed by atoms with Crippen LogP contribution in [0.25, 0.3) is 0 Å². The number of rotatable bonds is 7. The molecule has 0 saturated carbocycles. The van der Waals surface area contributed by atoms with E-state index < -0.39 is 0 Å². The highest BCUT2D eigenvalue weighted by Crippen LogP contribution is 1.98. The van der Waals surface area contributed by atoms with Gasteiger partial charge in [-0.25, -0.2) is 5.01 Å². The summed E-state index contributed by atoms with van der Waals surface area (Å²) in [6, 6.07) is 0. The Morgan fingerprint density at radius 2 is 1.92 bits per heavy atom. The normalized spacial score (nSPS) is 11.5. The maximum atomic E-state index is 3.38. The maximum Gasteiger partial charge on any atom is 0.0154 e. The van der Waals surface area contributed by atoms with E-state index in [0.29, 0.717) is 0 Å². The van der Waals surface area contributed by atoms with Gasteiger partial charge in [-0.1, -0.05) is 34.1 Å². The molecule has 74 valence electrons. The van der Waals surface area contributed by atoms with Crippen molar-refractivity contribution in [3.05, 3.63) is 0 Å². The van der Waals surface area contributed by atoms with Gasteiger partial charge in [0.15, 0.2) is 0 Å². The van der Waals surface area contributed by atoms with Gasteiger partial charge in [-0.2, -0.15) is 0 Å². The van der Waals surface area contributed by atoms with Crippen LogP contribution in [0.5, 0.6) is 0 Å². The SMILES string of the molecule is CCCCN(CC(C)C)NCC. The Labute approximate surface area is 77.3 Å². The van der Waals surface area contributed by atoms with Crippen LogP contribution < -0.4 is 5.43 Å². The van der Waals surface area contributed by atoms with E-state index in [9.17, 15) is 0 Å². The Hall–Kier alpha value is -0.0800. The molecule has 12 heavy (non-hydrogen) atoms. The number of nitrogens with one attached hydrogen (secondary N) is 1. The van der Waals surface area contributed by atoms with E-state index in [0.717, 1.165) is 19.0 Å². The fourth-order valence-electron chi connectivity index (χ4n) is 1.25. The van der Waals surface area contributed by atoms with E-state index in [4.69, 9.17) is 0 Å². The highest BCUT2D eigenvalue weighted by molar-refractivity contribution is 4.54. The molecule has 0 aromatic carbocycles. The van der Waals surface area contributed by atoms with Crippen LogP contribution in [-0.4, -0.2) is 24.6 Å². The largest absolute Gasteiger partial charge is 0.255 e. The molecular formula is C10H24N2. The molecule has 0 spiro atoms. The molecule has 0 saturated heterocycles. The minimum atomic E-state index is 0.751. The minimum Gasteiger partial charge on any atom is -0.255 e. The lowest BCUT2D eigenvalue weighted by molar-refractivity contribution is 0.168. The topological polar surface area (TPSA) is 15.3 Å². The summed E-state index contributed by atoms with van der Waals surface area (Å²) in [5.41, 5.74) is 3.38. The highest BCUT2D eigenvalue weighted by atomic mass is 15.5. The van der Waals surface area contributed by atoms with Crippen LogP contribution in [0.4, 0.5) is 0 Å². The molecule has 0 aliphatic rings. The second-order valence-corrected chi connectivity index (χ2v) is 3.71. The first-order valence-electron chi connectivity index (χ1n) is 5.19. The molecule has 0 amide bonds. The molecule has 0 aliphatic carbocycles. The monoisotopic (exact) mass is 172 g/mol. The molecule has 0 atom stereocenters. The third-order valence-electron chi connectivity index (χ3n) is 1.75. The van der Waals surface area contributed by atoms with Gasteiger partial charge in [0.25, 0.3) is 0 Å². The molecule has 0 heterocycles. The second kappa shape index (κ2) is 7.56. The van der Waals surface area contributed by atoms with Gasteiger partial charge in [0, 0.05) is 19.6 Å². The van der Waals surface area contributed by atoms with Crippen molar-refractivity contribution in [1.82, 2.24) is 10.4 Å². The smallest absolute Gasteiger partial charge is 0.0154 e. The Balaban J connectivity index is 3.54. The van der Waals surface area contributed by atoms with Crippen LogP contribution >= 0.6 is 0 Å². The average molecular weight is 172 g/mol. The van der Waals surface area contributed by atoms with E-state index in [2.05, 4.69) is 38.1 Å². The van der Waals surface area contributed by atoms with Crippen molar-refractivity contribution in [2.45, 2.75) is 40.5 Å². The van der Waals surface area contributed by atoms with Crippen molar-refractivity contribution in [2.75, 3.05) is 19.6 Å². The molecule has 0 bridgehead atoms. The Bertz CT molecular complexity index is 91.8. The van der Waals surface area contributed by atoms with E-state index in [-0.39, 0.29) is 0 Å². The predicted octanol–water partition coefficient (Wildman–Crippen LogP) is 2.27. The molecule has 0 radical (unpaired) electrons.